The van der Waals surface area contributed by atoms with Gasteiger partial charge < -0.3 is 15.2 Å². The Hall–Kier alpha value is -3.02. The third-order valence-corrected chi connectivity index (χ3v) is 4.20. The number of ether oxygens (including phenoxy) is 2. The molecule has 0 spiro atoms. The highest BCUT2D eigenvalue weighted by molar-refractivity contribution is 6.04. The number of hydrazone groups is 1. The molecule has 0 unspecified atom stereocenters. The average molecular weight is 339 g/mol. The molecule has 0 bridgehead atoms. The van der Waals surface area contributed by atoms with E-state index in [0.717, 1.165) is 16.8 Å². The Bertz CT molecular complexity index is 817. The number of hydrogen-bond acceptors (Lipinski definition) is 5. The molecule has 0 radical (unpaired) electrons. The summed E-state index contributed by atoms with van der Waals surface area (Å²) >= 11 is 0. The molecule has 0 aromatic heterocycles. The molecule has 6 heteroatoms. The van der Waals surface area contributed by atoms with E-state index < -0.39 is 0 Å². The Morgan fingerprint density at radius 1 is 1.08 bits per heavy atom. The summed E-state index contributed by atoms with van der Waals surface area (Å²) < 4.78 is 10.6. The molecule has 0 aliphatic carbocycles. The number of hydrogen-bond donors (Lipinski definition) is 1. The van der Waals surface area contributed by atoms with Crippen molar-refractivity contribution < 1.29 is 14.3 Å². The van der Waals surface area contributed by atoms with Crippen LogP contribution >= 0.6 is 0 Å². The first-order valence-corrected chi connectivity index (χ1v) is 8.06. The van der Waals surface area contributed by atoms with E-state index in [9.17, 15) is 4.79 Å². The van der Waals surface area contributed by atoms with Crippen molar-refractivity contribution in [2.75, 3.05) is 20.0 Å². The van der Waals surface area contributed by atoms with Gasteiger partial charge in [-0.3, -0.25) is 4.79 Å². The number of para-hydroxylation sites is 1. The number of methoxy groups -OCH3 is 2. The molecule has 0 saturated heterocycles. The fraction of sp³-hybridized carbons (Fsp3) is 0.263. The predicted octanol–water partition coefficient (Wildman–Crippen LogP) is 2.81. The molecular weight excluding hydrogens is 318 g/mol. The van der Waals surface area contributed by atoms with Gasteiger partial charge in [0.05, 0.1) is 26.5 Å². The summed E-state index contributed by atoms with van der Waals surface area (Å²) in [4.78, 5) is 12.2. The molecule has 130 valence electrons. The van der Waals surface area contributed by atoms with Gasteiger partial charge >= 0.3 is 0 Å². The van der Waals surface area contributed by atoms with Crippen molar-refractivity contribution in [3.05, 3.63) is 53.6 Å². The van der Waals surface area contributed by atoms with Crippen LogP contribution in [-0.4, -0.2) is 30.8 Å². The Labute approximate surface area is 146 Å². The molecule has 3 rings (SSSR count). The first-order chi connectivity index (χ1) is 12.1. The molecule has 0 fully saturated rings. The Morgan fingerprint density at radius 3 is 2.56 bits per heavy atom. The third-order valence-electron chi connectivity index (χ3n) is 4.20. The first-order valence-electron chi connectivity index (χ1n) is 8.06. The van der Waals surface area contributed by atoms with Gasteiger partial charge in [0.2, 0.25) is 5.91 Å². The van der Waals surface area contributed by atoms with E-state index in [4.69, 9.17) is 15.2 Å². The molecule has 1 aliphatic heterocycles. The Morgan fingerprint density at radius 2 is 1.84 bits per heavy atom. The van der Waals surface area contributed by atoms with Gasteiger partial charge in [-0.2, -0.15) is 5.10 Å². The van der Waals surface area contributed by atoms with Crippen molar-refractivity contribution in [2.45, 2.75) is 19.4 Å². The first kappa shape index (κ1) is 16.8. The molecule has 6 nitrogen and oxygen atoms in total. The summed E-state index contributed by atoms with van der Waals surface area (Å²) in [5.41, 5.74) is 9.28. The normalized spacial score (nSPS) is 14.2. The van der Waals surface area contributed by atoms with Crippen molar-refractivity contribution in [1.82, 2.24) is 5.01 Å². The van der Waals surface area contributed by atoms with Crippen molar-refractivity contribution >= 4 is 17.3 Å². The van der Waals surface area contributed by atoms with Gasteiger partial charge in [0.1, 0.15) is 0 Å². The highest BCUT2D eigenvalue weighted by Crippen LogP contribution is 2.29. The zero-order valence-electron chi connectivity index (χ0n) is 14.4. The van der Waals surface area contributed by atoms with Crippen molar-refractivity contribution in [2.24, 2.45) is 5.10 Å². The van der Waals surface area contributed by atoms with E-state index in [1.54, 1.807) is 14.2 Å². The summed E-state index contributed by atoms with van der Waals surface area (Å²) in [6.07, 6.45) is 1.01. The SMILES string of the molecule is COc1ccc(C2=NN(Cc3ccccc3N)C(=O)CC2)cc1OC. The number of nitrogens with two attached hydrogens (primary N) is 1. The van der Waals surface area contributed by atoms with Crippen LogP contribution in [-0.2, 0) is 11.3 Å². The van der Waals surface area contributed by atoms with Gasteiger partial charge in [-0.15, -0.1) is 0 Å². The predicted molar refractivity (Wildman–Crippen MR) is 96.7 cm³/mol. The summed E-state index contributed by atoms with van der Waals surface area (Å²) in [6, 6.07) is 13.1. The smallest absolute Gasteiger partial charge is 0.243 e. The van der Waals surface area contributed by atoms with Crippen LogP contribution in [0, 0.1) is 0 Å². The van der Waals surface area contributed by atoms with E-state index >= 15 is 0 Å². The number of carbonyl (C=O) groups excluding carboxylic acids is 1. The van der Waals surface area contributed by atoms with Crippen LogP contribution in [0.3, 0.4) is 0 Å². The van der Waals surface area contributed by atoms with E-state index in [2.05, 4.69) is 5.10 Å². The molecule has 2 aromatic carbocycles. The van der Waals surface area contributed by atoms with Crippen LogP contribution < -0.4 is 15.2 Å². The third kappa shape index (κ3) is 3.57. The number of anilines is 1. The number of benzene rings is 2. The largest absolute Gasteiger partial charge is 0.493 e. The zero-order valence-corrected chi connectivity index (χ0v) is 14.4. The lowest BCUT2D eigenvalue weighted by Gasteiger charge is -2.24. The van der Waals surface area contributed by atoms with E-state index in [1.165, 1.54) is 5.01 Å². The van der Waals surface area contributed by atoms with Crippen LogP contribution in [0.2, 0.25) is 0 Å². The highest BCUT2D eigenvalue weighted by Gasteiger charge is 2.22. The monoisotopic (exact) mass is 339 g/mol. The second kappa shape index (κ2) is 7.25. The maximum atomic E-state index is 12.2. The lowest BCUT2D eigenvalue weighted by molar-refractivity contribution is -0.132. The maximum absolute atomic E-state index is 12.2. The lowest BCUT2D eigenvalue weighted by atomic mass is 10.0. The minimum atomic E-state index is -0.00696. The van der Waals surface area contributed by atoms with Gasteiger partial charge in [0.25, 0.3) is 0 Å². The van der Waals surface area contributed by atoms with Crippen LogP contribution in [0.15, 0.2) is 47.6 Å². The van der Waals surface area contributed by atoms with Crippen LogP contribution in [0.5, 0.6) is 11.5 Å². The number of nitrogen functional groups attached to an aromatic ring is 1. The van der Waals surface area contributed by atoms with Gasteiger partial charge in [0.15, 0.2) is 11.5 Å². The van der Waals surface area contributed by atoms with Gasteiger partial charge in [-0.05, 0) is 29.8 Å². The van der Waals surface area contributed by atoms with Crippen LogP contribution in [0.4, 0.5) is 5.69 Å². The Balaban J connectivity index is 1.89. The summed E-state index contributed by atoms with van der Waals surface area (Å²) in [5, 5.41) is 6.04. The zero-order chi connectivity index (χ0) is 17.8. The van der Waals surface area contributed by atoms with Gasteiger partial charge in [0, 0.05) is 24.1 Å². The molecular formula is C19H21N3O3. The van der Waals surface area contributed by atoms with Crippen molar-refractivity contribution in [3.63, 3.8) is 0 Å². The van der Waals surface area contributed by atoms with Gasteiger partial charge in [-0.25, -0.2) is 5.01 Å². The summed E-state index contributed by atoms with van der Waals surface area (Å²) in [5.74, 6) is 1.29. The standard InChI is InChI=1S/C19H21N3O3/c1-24-17-9-7-13(11-18(17)25-2)16-8-10-19(23)22(21-16)12-14-5-3-4-6-15(14)20/h3-7,9,11H,8,10,12,20H2,1-2H3. The van der Waals surface area contributed by atoms with E-state index in [-0.39, 0.29) is 5.91 Å². The second-order valence-electron chi connectivity index (χ2n) is 5.77. The summed E-state index contributed by atoms with van der Waals surface area (Å²) in [6.45, 7) is 0.363. The number of carbonyl (C=O) groups is 1. The minimum Gasteiger partial charge on any atom is -0.493 e. The lowest BCUT2D eigenvalue weighted by Crippen LogP contribution is -2.31. The molecule has 1 amide bonds. The van der Waals surface area contributed by atoms with Gasteiger partial charge in [-0.1, -0.05) is 18.2 Å². The Kier molecular flexibility index (Phi) is 4.88. The molecule has 0 saturated carbocycles. The van der Waals surface area contributed by atoms with E-state index in [1.807, 2.05) is 42.5 Å². The second-order valence-corrected chi connectivity index (χ2v) is 5.77. The fourth-order valence-corrected chi connectivity index (χ4v) is 2.79. The molecule has 0 atom stereocenters. The quantitative estimate of drug-likeness (QED) is 0.850. The molecule has 2 aromatic rings. The molecule has 2 N–H and O–H groups in total. The molecule has 25 heavy (non-hydrogen) atoms. The van der Waals surface area contributed by atoms with Crippen LogP contribution in [0.1, 0.15) is 24.0 Å². The highest BCUT2D eigenvalue weighted by atomic mass is 16.5. The minimum absolute atomic E-state index is 0.00696. The molecule has 1 heterocycles. The topological polar surface area (TPSA) is 77.1 Å². The maximum Gasteiger partial charge on any atom is 0.243 e. The van der Waals surface area contributed by atoms with E-state index in [0.29, 0.717) is 36.6 Å². The average Bonchev–Trinajstić information content (AvgIpc) is 2.64. The molecule has 1 aliphatic rings. The summed E-state index contributed by atoms with van der Waals surface area (Å²) in [7, 11) is 3.19. The van der Waals surface area contributed by atoms with Crippen LogP contribution in [0.25, 0.3) is 0 Å². The van der Waals surface area contributed by atoms with Crippen molar-refractivity contribution in [3.8, 4) is 11.5 Å². The number of amides is 1. The van der Waals surface area contributed by atoms with Crippen molar-refractivity contribution in [1.29, 1.82) is 0 Å². The number of nitrogens with zero attached hydrogens (tertiary/aromatic N) is 2. The fourth-order valence-electron chi connectivity index (χ4n) is 2.79. The number of rotatable bonds is 5.